The Kier molecular flexibility index (Phi) is 5.51. The number of hydrogen-bond acceptors (Lipinski definition) is 3. The van der Waals surface area contributed by atoms with Crippen LogP contribution in [0.4, 0.5) is 0 Å². The van der Waals surface area contributed by atoms with E-state index in [0.29, 0.717) is 10.8 Å². The summed E-state index contributed by atoms with van der Waals surface area (Å²) in [7, 11) is 1.75. The van der Waals surface area contributed by atoms with E-state index in [1.54, 1.807) is 24.3 Å². The van der Waals surface area contributed by atoms with Gasteiger partial charge >= 0.3 is 0 Å². The van der Waals surface area contributed by atoms with Crippen LogP contribution in [-0.2, 0) is 9.05 Å². The minimum absolute atomic E-state index is 0.180. The second-order valence-corrected chi connectivity index (χ2v) is 7.78. The van der Waals surface area contributed by atoms with E-state index in [0.717, 1.165) is 5.56 Å². The van der Waals surface area contributed by atoms with Crippen molar-refractivity contribution in [3.05, 3.63) is 65.2 Å². The molecule has 0 spiro atoms. The molecule has 2 aromatic rings. The number of para-hydroxylation sites is 1. The molecule has 0 amide bonds. The molecule has 6 heteroatoms. The second kappa shape index (κ2) is 7.16. The molecular weight excluding hydrogens is 331 g/mol. The van der Waals surface area contributed by atoms with Crippen molar-refractivity contribution in [1.29, 1.82) is 0 Å². The Bertz CT molecular complexity index is 687. The lowest BCUT2D eigenvalue weighted by Crippen LogP contribution is -2.18. The van der Waals surface area contributed by atoms with Gasteiger partial charge < -0.3 is 4.74 Å². The molecule has 3 nitrogen and oxygen atoms in total. The van der Waals surface area contributed by atoms with Crippen LogP contribution in [0.2, 0.25) is 5.02 Å². The van der Waals surface area contributed by atoms with Crippen LogP contribution >= 0.6 is 22.3 Å². The van der Waals surface area contributed by atoms with Gasteiger partial charge in [-0.1, -0.05) is 54.1 Å². The zero-order valence-electron chi connectivity index (χ0n) is 11.1. The predicted molar refractivity (Wildman–Crippen MR) is 85.8 cm³/mol. The summed E-state index contributed by atoms with van der Waals surface area (Å²) in [6.45, 7) is 0.180. The third-order valence-corrected chi connectivity index (χ3v) is 4.44. The smallest absolute Gasteiger partial charge is 0.233 e. The van der Waals surface area contributed by atoms with Crippen LogP contribution in [0.3, 0.4) is 0 Å². The Morgan fingerprint density at radius 2 is 1.62 bits per heavy atom. The van der Waals surface area contributed by atoms with E-state index in [2.05, 4.69) is 0 Å². The van der Waals surface area contributed by atoms with E-state index in [1.807, 2.05) is 30.3 Å². The van der Waals surface area contributed by atoms with Gasteiger partial charge in [-0.15, -0.1) is 0 Å². The Morgan fingerprint density at radius 3 is 2.24 bits per heavy atom. The summed E-state index contributed by atoms with van der Waals surface area (Å²) in [5.74, 6) is -0.0275. The van der Waals surface area contributed by atoms with Crippen LogP contribution in [0, 0.1) is 0 Å². The quantitative estimate of drug-likeness (QED) is 0.741. The van der Waals surface area contributed by atoms with Crippen molar-refractivity contribution in [2.75, 3.05) is 12.4 Å². The normalized spacial score (nSPS) is 12.9. The molecule has 2 aromatic carbocycles. The van der Waals surface area contributed by atoms with Gasteiger partial charge in [0.05, 0.1) is 17.4 Å². The highest BCUT2D eigenvalue weighted by atomic mass is 35.7. The fraction of sp³-hybridized carbons (Fsp3) is 0.200. The monoisotopic (exact) mass is 344 g/mol. The van der Waals surface area contributed by atoms with Crippen molar-refractivity contribution in [2.24, 2.45) is 0 Å². The molecule has 0 saturated heterocycles. The lowest BCUT2D eigenvalue weighted by Gasteiger charge is -2.17. The van der Waals surface area contributed by atoms with Crippen molar-refractivity contribution >= 4 is 31.3 Å². The molecule has 1 atom stereocenters. The molecule has 0 fully saturated rings. The summed E-state index contributed by atoms with van der Waals surface area (Å²) >= 11 is 6.02. The van der Waals surface area contributed by atoms with Crippen LogP contribution in [-0.4, -0.2) is 20.8 Å². The van der Waals surface area contributed by atoms with Crippen LogP contribution in [0.5, 0.6) is 5.75 Å². The molecule has 0 radical (unpaired) electrons. The summed E-state index contributed by atoms with van der Waals surface area (Å²) in [5.41, 5.74) is 0.855. The fourth-order valence-electron chi connectivity index (χ4n) is 1.96. The highest BCUT2D eigenvalue weighted by molar-refractivity contribution is 8.13. The first-order chi connectivity index (χ1) is 9.96. The minimum atomic E-state index is -3.63. The zero-order chi connectivity index (χ0) is 15.3. The molecule has 0 N–H and O–H groups in total. The van der Waals surface area contributed by atoms with Gasteiger partial charge in [0.1, 0.15) is 5.75 Å². The van der Waals surface area contributed by atoms with Gasteiger partial charge in [0.2, 0.25) is 9.05 Å². The lowest BCUT2D eigenvalue weighted by molar-refractivity contribution is 0.296. The van der Waals surface area contributed by atoms with Crippen LogP contribution in [0.25, 0.3) is 0 Å². The average molecular weight is 345 g/mol. The van der Waals surface area contributed by atoms with Crippen LogP contribution in [0.15, 0.2) is 54.6 Å². The Balaban J connectivity index is 2.15. The van der Waals surface area contributed by atoms with E-state index in [1.165, 1.54) is 0 Å². The van der Waals surface area contributed by atoms with Gasteiger partial charge in [-0.25, -0.2) is 8.42 Å². The number of halogens is 2. The minimum Gasteiger partial charge on any atom is -0.491 e. The maximum atomic E-state index is 11.4. The molecule has 2 rings (SSSR count). The predicted octanol–water partition coefficient (Wildman–Crippen LogP) is 4.07. The molecule has 1 unspecified atom stereocenters. The van der Waals surface area contributed by atoms with Crippen molar-refractivity contribution in [2.45, 2.75) is 5.92 Å². The zero-order valence-corrected chi connectivity index (χ0v) is 13.4. The van der Waals surface area contributed by atoms with Crippen LogP contribution in [0.1, 0.15) is 11.5 Å². The highest BCUT2D eigenvalue weighted by Gasteiger charge is 2.20. The van der Waals surface area contributed by atoms with Gasteiger partial charge in [0.25, 0.3) is 0 Å². The number of rotatable bonds is 6. The van der Waals surface area contributed by atoms with Gasteiger partial charge in [-0.3, -0.25) is 0 Å². The van der Waals surface area contributed by atoms with Gasteiger partial charge in [-0.2, -0.15) is 0 Å². The van der Waals surface area contributed by atoms with Crippen molar-refractivity contribution in [3.63, 3.8) is 0 Å². The average Bonchev–Trinajstić information content (AvgIpc) is 2.45. The molecule has 0 bridgehead atoms. The summed E-state index contributed by atoms with van der Waals surface area (Å²) in [6, 6.07) is 16.3. The first kappa shape index (κ1) is 16.1. The summed E-state index contributed by atoms with van der Waals surface area (Å²) in [4.78, 5) is 0. The first-order valence-corrected chi connectivity index (χ1v) is 9.16. The molecule has 0 aliphatic carbocycles. The third-order valence-electron chi connectivity index (χ3n) is 2.95. The Hall–Kier alpha value is -1.23. The van der Waals surface area contributed by atoms with Gasteiger partial charge in [-0.05, 0) is 17.7 Å². The first-order valence-electron chi connectivity index (χ1n) is 6.30. The summed E-state index contributed by atoms with van der Waals surface area (Å²) in [5, 5.41) is 0.484. The van der Waals surface area contributed by atoms with Gasteiger partial charge in [0, 0.05) is 16.6 Å². The summed E-state index contributed by atoms with van der Waals surface area (Å²) < 4.78 is 28.4. The van der Waals surface area contributed by atoms with E-state index < -0.39 is 9.05 Å². The van der Waals surface area contributed by atoms with Crippen molar-refractivity contribution in [3.8, 4) is 5.75 Å². The molecule has 0 heterocycles. The maximum absolute atomic E-state index is 11.4. The Morgan fingerprint density at radius 1 is 1.00 bits per heavy atom. The van der Waals surface area contributed by atoms with E-state index >= 15 is 0 Å². The van der Waals surface area contributed by atoms with Crippen LogP contribution < -0.4 is 4.74 Å². The van der Waals surface area contributed by atoms with Crippen molar-refractivity contribution < 1.29 is 13.2 Å². The van der Waals surface area contributed by atoms with Gasteiger partial charge in [0.15, 0.2) is 0 Å². The number of benzene rings is 2. The Labute approximate surface area is 133 Å². The number of ether oxygens (including phenoxy) is 1. The molecular formula is C15H14Cl2O3S. The second-order valence-electron chi connectivity index (χ2n) is 4.55. The summed E-state index contributed by atoms with van der Waals surface area (Å²) in [6.07, 6.45) is 0. The SMILES string of the molecule is O=S(=O)(Cl)CC(COc1ccccc1Cl)c1ccccc1. The molecule has 0 aliphatic heterocycles. The van der Waals surface area contributed by atoms with E-state index in [4.69, 9.17) is 27.0 Å². The molecule has 112 valence electrons. The third kappa shape index (κ3) is 5.23. The lowest BCUT2D eigenvalue weighted by atomic mass is 10.0. The maximum Gasteiger partial charge on any atom is 0.233 e. The van der Waals surface area contributed by atoms with E-state index in [9.17, 15) is 8.42 Å². The molecule has 21 heavy (non-hydrogen) atoms. The highest BCUT2D eigenvalue weighted by Crippen LogP contribution is 2.26. The molecule has 0 saturated carbocycles. The molecule has 0 aliphatic rings. The van der Waals surface area contributed by atoms with Crippen molar-refractivity contribution in [1.82, 2.24) is 0 Å². The standard InChI is InChI=1S/C15H14Cl2O3S/c16-14-8-4-5-9-15(14)20-10-13(11-21(17,18)19)12-6-2-1-3-7-12/h1-9,13H,10-11H2. The van der Waals surface area contributed by atoms with E-state index in [-0.39, 0.29) is 18.3 Å². The topological polar surface area (TPSA) is 43.4 Å². The fourth-order valence-corrected chi connectivity index (χ4v) is 3.37. The largest absolute Gasteiger partial charge is 0.491 e. The molecule has 0 aromatic heterocycles. The number of hydrogen-bond donors (Lipinski definition) is 0.